The molecule has 0 aliphatic heterocycles. The van der Waals surface area contributed by atoms with Crippen LogP contribution in [-0.2, 0) is 9.84 Å². The van der Waals surface area contributed by atoms with Crippen molar-refractivity contribution in [2.75, 3.05) is 0 Å². The van der Waals surface area contributed by atoms with Crippen LogP contribution in [0.25, 0.3) is 0 Å². The average Bonchev–Trinajstić information content (AvgIpc) is 2.47. The molecule has 1 aliphatic rings. The van der Waals surface area contributed by atoms with Gasteiger partial charge in [-0.1, -0.05) is 19.4 Å². The van der Waals surface area contributed by atoms with E-state index in [0.29, 0.717) is 18.8 Å². The van der Waals surface area contributed by atoms with E-state index in [0.717, 1.165) is 19.3 Å². The molecular formula is C15H20O4S. The van der Waals surface area contributed by atoms with Gasteiger partial charge in [-0.2, -0.15) is 0 Å². The molecule has 0 aromatic heterocycles. The van der Waals surface area contributed by atoms with Crippen molar-refractivity contribution >= 4 is 15.8 Å². The molecule has 0 atom stereocenters. The van der Waals surface area contributed by atoms with Gasteiger partial charge in [0, 0.05) is 0 Å². The lowest BCUT2D eigenvalue weighted by Gasteiger charge is -2.27. The van der Waals surface area contributed by atoms with E-state index in [-0.39, 0.29) is 15.7 Å². The third kappa shape index (κ3) is 3.03. The van der Waals surface area contributed by atoms with Crippen LogP contribution in [0.1, 0.15) is 49.4 Å². The van der Waals surface area contributed by atoms with E-state index in [1.54, 1.807) is 0 Å². The summed E-state index contributed by atoms with van der Waals surface area (Å²) < 4.78 is 25.1. The third-order valence-electron chi connectivity index (χ3n) is 4.22. The molecule has 1 fully saturated rings. The topological polar surface area (TPSA) is 71.4 Å². The normalized spacial score (nSPS) is 23.4. The molecule has 4 nitrogen and oxygen atoms in total. The Labute approximate surface area is 119 Å². The van der Waals surface area contributed by atoms with Gasteiger partial charge in [0.15, 0.2) is 9.84 Å². The first-order valence-electron chi connectivity index (χ1n) is 7.02. The Hall–Kier alpha value is -1.36. The lowest BCUT2D eigenvalue weighted by Crippen LogP contribution is -2.27. The van der Waals surface area contributed by atoms with E-state index in [4.69, 9.17) is 5.11 Å². The molecule has 1 N–H and O–H groups in total. The molecule has 0 heterocycles. The van der Waals surface area contributed by atoms with Gasteiger partial charge in [0.05, 0.1) is 15.7 Å². The van der Waals surface area contributed by atoms with E-state index in [1.807, 2.05) is 0 Å². The zero-order valence-electron chi connectivity index (χ0n) is 11.6. The van der Waals surface area contributed by atoms with Gasteiger partial charge in [0.1, 0.15) is 0 Å². The molecule has 0 radical (unpaired) electrons. The van der Waals surface area contributed by atoms with Gasteiger partial charge >= 0.3 is 5.97 Å². The lowest BCUT2D eigenvalue weighted by atomic mass is 9.87. The SMILES string of the molecule is CCC1CCC(S(=O)(=O)c2cccc(C(=O)O)c2)CC1. The Balaban J connectivity index is 2.23. The largest absolute Gasteiger partial charge is 0.478 e. The van der Waals surface area contributed by atoms with Crippen molar-refractivity contribution in [2.45, 2.75) is 49.2 Å². The Morgan fingerprint density at radius 1 is 1.25 bits per heavy atom. The molecule has 0 bridgehead atoms. The van der Waals surface area contributed by atoms with E-state index in [2.05, 4.69) is 6.92 Å². The van der Waals surface area contributed by atoms with Crippen LogP contribution in [0.4, 0.5) is 0 Å². The standard InChI is InChI=1S/C15H20O4S/c1-2-11-6-8-13(9-7-11)20(18,19)14-5-3-4-12(10-14)15(16)17/h3-5,10-11,13H,2,6-9H2,1H3,(H,16,17). The number of carboxylic acid groups (broad SMARTS) is 1. The number of benzene rings is 1. The van der Waals surface area contributed by atoms with Crippen molar-refractivity contribution < 1.29 is 18.3 Å². The highest BCUT2D eigenvalue weighted by Crippen LogP contribution is 2.33. The number of rotatable bonds is 4. The van der Waals surface area contributed by atoms with E-state index < -0.39 is 15.8 Å². The van der Waals surface area contributed by atoms with Crippen molar-refractivity contribution in [2.24, 2.45) is 5.92 Å². The molecule has 110 valence electrons. The summed E-state index contributed by atoms with van der Waals surface area (Å²) in [6.07, 6.45) is 4.34. The van der Waals surface area contributed by atoms with Gasteiger partial charge in [-0.05, 0) is 49.8 Å². The molecule has 0 amide bonds. The average molecular weight is 296 g/mol. The molecule has 0 unspecified atom stereocenters. The number of carbonyl (C=O) groups is 1. The highest BCUT2D eigenvalue weighted by Gasteiger charge is 2.31. The number of sulfone groups is 1. The van der Waals surface area contributed by atoms with Crippen LogP contribution < -0.4 is 0 Å². The molecule has 2 rings (SSSR count). The molecular weight excluding hydrogens is 276 g/mol. The van der Waals surface area contributed by atoms with Gasteiger partial charge in [-0.25, -0.2) is 13.2 Å². The molecule has 1 aromatic rings. The van der Waals surface area contributed by atoms with Gasteiger partial charge in [0.2, 0.25) is 0 Å². The van der Waals surface area contributed by atoms with Gasteiger partial charge in [0.25, 0.3) is 0 Å². The maximum atomic E-state index is 12.6. The van der Waals surface area contributed by atoms with Crippen LogP contribution in [0.15, 0.2) is 29.2 Å². The van der Waals surface area contributed by atoms with Crippen molar-refractivity contribution in [1.29, 1.82) is 0 Å². The Kier molecular flexibility index (Phi) is 4.48. The smallest absolute Gasteiger partial charge is 0.335 e. The monoisotopic (exact) mass is 296 g/mol. The third-order valence-corrected chi connectivity index (χ3v) is 6.48. The zero-order valence-corrected chi connectivity index (χ0v) is 12.4. The highest BCUT2D eigenvalue weighted by atomic mass is 32.2. The van der Waals surface area contributed by atoms with Crippen molar-refractivity contribution in [1.82, 2.24) is 0 Å². The van der Waals surface area contributed by atoms with Gasteiger partial charge < -0.3 is 5.11 Å². The fourth-order valence-corrected chi connectivity index (χ4v) is 4.69. The second kappa shape index (κ2) is 5.95. The van der Waals surface area contributed by atoms with E-state index >= 15 is 0 Å². The minimum absolute atomic E-state index is 0.0216. The summed E-state index contributed by atoms with van der Waals surface area (Å²) in [5.74, 6) is -0.469. The number of hydrogen-bond acceptors (Lipinski definition) is 3. The molecule has 1 saturated carbocycles. The molecule has 0 saturated heterocycles. The van der Waals surface area contributed by atoms with Crippen molar-refractivity contribution in [3.8, 4) is 0 Å². The molecule has 5 heteroatoms. The summed E-state index contributed by atoms with van der Waals surface area (Å²) in [4.78, 5) is 11.1. The van der Waals surface area contributed by atoms with Gasteiger partial charge in [-0.3, -0.25) is 0 Å². The van der Waals surface area contributed by atoms with Crippen LogP contribution in [0.3, 0.4) is 0 Å². The van der Waals surface area contributed by atoms with Crippen LogP contribution in [0, 0.1) is 5.92 Å². The summed E-state index contributed by atoms with van der Waals surface area (Å²) in [6.45, 7) is 2.13. The van der Waals surface area contributed by atoms with Crippen molar-refractivity contribution in [3.05, 3.63) is 29.8 Å². The first kappa shape index (κ1) is 15.0. The van der Waals surface area contributed by atoms with Crippen LogP contribution in [0.2, 0.25) is 0 Å². The molecule has 0 spiro atoms. The fraction of sp³-hybridized carbons (Fsp3) is 0.533. The summed E-state index contributed by atoms with van der Waals surface area (Å²) in [5.41, 5.74) is 0.0216. The maximum absolute atomic E-state index is 12.6. The Bertz CT molecular complexity index is 584. The summed E-state index contributed by atoms with van der Waals surface area (Å²) in [5, 5.41) is 8.59. The van der Waals surface area contributed by atoms with Crippen LogP contribution >= 0.6 is 0 Å². The summed E-state index contributed by atoms with van der Waals surface area (Å²) in [7, 11) is -3.41. The lowest BCUT2D eigenvalue weighted by molar-refractivity contribution is 0.0696. The zero-order chi connectivity index (χ0) is 14.8. The first-order valence-corrected chi connectivity index (χ1v) is 8.57. The fourth-order valence-electron chi connectivity index (χ4n) is 2.85. The predicted molar refractivity (Wildman–Crippen MR) is 76.6 cm³/mol. The first-order chi connectivity index (χ1) is 9.45. The predicted octanol–water partition coefficient (Wildman–Crippen LogP) is 3.13. The number of carboxylic acids is 1. The minimum atomic E-state index is -3.41. The van der Waals surface area contributed by atoms with E-state index in [1.165, 1.54) is 24.3 Å². The van der Waals surface area contributed by atoms with Crippen LogP contribution in [-0.4, -0.2) is 24.7 Å². The summed E-state index contributed by atoms with van der Waals surface area (Å²) in [6, 6.07) is 5.67. The second-order valence-electron chi connectivity index (χ2n) is 5.43. The molecule has 20 heavy (non-hydrogen) atoms. The maximum Gasteiger partial charge on any atom is 0.335 e. The molecule has 1 aromatic carbocycles. The van der Waals surface area contributed by atoms with E-state index in [9.17, 15) is 13.2 Å². The Morgan fingerprint density at radius 2 is 1.90 bits per heavy atom. The number of aromatic carboxylic acids is 1. The molecule has 1 aliphatic carbocycles. The van der Waals surface area contributed by atoms with Crippen molar-refractivity contribution in [3.63, 3.8) is 0 Å². The quantitative estimate of drug-likeness (QED) is 0.926. The van der Waals surface area contributed by atoms with Crippen LogP contribution in [0.5, 0.6) is 0 Å². The Morgan fingerprint density at radius 3 is 2.45 bits per heavy atom. The number of hydrogen-bond donors (Lipinski definition) is 1. The van der Waals surface area contributed by atoms with Gasteiger partial charge in [-0.15, -0.1) is 0 Å². The highest BCUT2D eigenvalue weighted by molar-refractivity contribution is 7.92. The summed E-state index contributed by atoms with van der Waals surface area (Å²) >= 11 is 0. The second-order valence-corrected chi connectivity index (χ2v) is 7.66. The minimum Gasteiger partial charge on any atom is -0.478 e.